The number of anilines is 2. The molecule has 1 amide bonds. The second-order valence-corrected chi connectivity index (χ2v) is 8.50. The fraction of sp³-hybridized carbons (Fsp3) is 0.389. The van der Waals surface area contributed by atoms with Gasteiger partial charge in [-0.25, -0.2) is 18.4 Å². The van der Waals surface area contributed by atoms with Crippen LogP contribution >= 0.6 is 0 Å². The van der Waals surface area contributed by atoms with Gasteiger partial charge in [-0.1, -0.05) is 0 Å². The number of hydrogen-bond acceptors (Lipinski definition) is 5. The van der Waals surface area contributed by atoms with E-state index in [1.807, 2.05) is 0 Å². The lowest BCUT2D eigenvalue weighted by atomic mass is 10.1. The van der Waals surface area contributed by atoms with E-state index in [0.29, 0.717) is 42.4 Å². The molecule has 0 saturated heterocycles. The average Bonchev–Trinajstić information content (AvgIpc) is 3.42. The second kappa shape index (κ2) is 6.35. The van der Waals surface area contributed by atoms with Gasteiger partial charge >= 0.3 is 0 Å². The van der Waals surface area contributed by atoms with Crippen LogP contribution in [-0.2, 0) is 21.2 Å². The molecule has 2 aliphatic rings. The van der Waals surface area contributed by atoms with Crippen LogP contribution in [0.3, 0.4) is 0 Å². The van der Waals surface area contributed by atoms with Crippen molar-refractivity contribution in [1.82, 2.24) is 9.97 Å². The third-order valence-corrected chi connectivity index (χ3v) is 6.02. The SMILES string of the molecule is Cc1ncc(NS(=O)(=O)c2ccc3c(c2)CCCC(=O)N3)c(C2CC2)n1. The smallest absolute Gasteiger partial charge is 0.262 e. The number of carbonyl (C=O) groups excluding carboxylic acids is 1. The zero-order chi connectivity index (χ0) is 18.3. The van der Waals surface area contributed by atoms with E-state index in [9.17, 15) is 13.2 Å². The molecule has 1 aliphatic carbocycles. The normalized spacial score (nSPS) is 17.2. The van der Waals surface area contributed by atoms with E-state index in [1.54, 1.807) is 19.1 Å². The van der Waals surface area contributed by atoms with Crippen LogP contribution in [0.4, 0.5) is 11.4 Å². The van der Waals surface area contributed by atoms with Gasteiger partial charge in [0.1, 0.15) is 5.82 Å². The molecule has 0 atom stereocenters. The number of hydrogen-bond donors (Lipinski definition) is 2. The van der Waals surface area contributed by atoms with E-state index in [1.165, 1.54) is 12.3 Å². The largest absolute Gasteiger partial charge is 0.326 e. The molecule has 1 aromatic heterocycles. The van der Waals surface area contributed by atoms with E-state index >= 15 is 0 Å². The number of benzene rings is 1. The zero-order valence-corrected chi connectivity index (χ0v) is 15.3. The molecule has 2 heterocycles. The number of aromatic nitrogens is 2. The number of amides is 1. The summed E-state index contributed by atoms with van der Waals surface area (Å²) in [6, 6.07) is 4.80. The molecular formula is C18H20N4O3S. The van der Waals surface area contributed by atoms with Gasteiger partial charge in [-0.15, -0.1) is 0 Å². The number of rotatable bonds is 4. The van der Waals surface area contributed by atoms with E-state index in [2.05, 4.69) is 20.0 Å². The number of nitrogens with one attached hydrogen (secondary N) is 2. The molecule has 1 aliphatic heterocycles. The van der Waals surface area contributed by atoms with E-state index in [0.717, 1.165) is 24.1 Å². The van der Waals surface area contributed by atoms with Crippen LogP contribution in [0, 0.1) is 6.92 Å². The van der Waals surface area contributed by atoms with Crippen molar-refractivity contribution < 1.29 is 13.2 Å². The fourth-order valence-corrected chi connectivity index (χ4v) is 4.27. The molecule has 0 unspecified atom stereocenters. The van der Waals surface area contributed by atoms with Crippen molar-refractivity contribution in [3.8, 4) is 0 Å². The first-order valence-electron chi connectivity index (χ1n) is 8.71. The predicted molar refractivity (Wildman–Crippen MR) is 97.6 cm³/mol. The molecule has 1 fully saturated rings. The third kappa shape index (κ3) is 3.41. The molecule has 8 heteroatoms. The van der Waals surface area contributed by atoms with E-state index < -0.39 is 10.0 Å². The number of sulfonamides is 1. The van der Waals surface area contributed by atoms with Crippen LogP contribution in [0.1, 0.15) is 48.7 Å². The molecule has 2 aromatic rings. The molecule has 4 rings (SSSR count). The van der Waals surface area contributed by atoms with Crippen molar-refractivity contribution >= 4 is 27.3 Å². The lowest BCUT2D eigenvalue weighted by Crippen LogP contribution is -2.16. The van der Waals surface area contributed by atoms with Crippen LogP contribution in [0.2, 0.25) is 0 Å². The molecular weight excluding hydrogens is 352 g/mol. The lowest BCUT2D eigenvalue weighted by Gasteiger charge is -2.13. The number of aryl methyl sites for hydroxylation is 2. The van der Waals surface area contributed by atoms with Gasteiger partial charge in [0.2, 0.25) is 5.91 Å². The summed E-state index contributed by atoms with van der Waals surface area (Å²) in [5.41, 5.74) is 2.73. The van der Waals surface area contributed by atoms with Crippen LogP contribution in [0.25, 0.3) is 0 Å². The summed E-state index contributed by atoms with van der Waals surface area (Å²) in [6.45, 7) is 1.80. The zero-order valence-electron chi connectivity index (χ0n) is 14.4. The topological polar surface area (TPSA) is 101 Å². The van der Waals surface area contributed by atoms with Gasteiger partial charge in [0.05, 0.1) is 22.5 Å². The molecule has 1 saturated carbocycles. The van der Waals surface area contributed by atoms with Crippen molar-refractivity contribution in [1.29, 1.82) is 0 Å². The number of fused-ring (bicyclic) bond motifs is 1. The highest BCUT2D eigenvalue weighted by atomic mass is 32.2. The molecule has 0 spiro atoms. The second-order valence-electron chi connectivity index (χ2n) is 6.82. The Bertz CT molecular complexity index is 984. The Balaban J connectivity index is 1.65. The Morgan fingerprint density at radius 2 is 2.04 bits per heavy atom. The highest BCUT2D eigenvalue weighted by molar-refractivity contribution is 7.92. The van der Waals surface area contributed by atoms with E-state index in [-0.39, 0.29) is 10.8 Å². The maximum Gasteiger partial charge on any atom is 0.262 e. The fourth-order valence-electron chi connectivity index (χ4n) is 3.16. The van der Waals surface area contributed by atoms with Crippen LogP contribution in [-0.4, -0.2) is 24.3 Å². The van der Waals surface area contributed by atoms with Crippen molar-refractivity contribution in [3.63, 3.8) is 0 Å². The lowest BCUT2D eigenvalue weighted by molar-refractivity contribution is -0.116. The minimum absolute atomic E-state index is 0.0386. The van der Waals surface area contributed by atoms with Gasteiger partial charge in [0.15, 0.2) is 0 Å². The highest BCUT2D eigenvalue weighted by Gasteiger charge is 2.30. The molecule has 136 valence electrons. The van der Waals surface area contributed by atoms with Crippen LogP contribution < -0.4 is 10.0 Å². The first-order valence-corrected chi connectivity index (χ1v) is 10.2. The summed E-state index contributed by atoms with van der Waals surface area (Å²) in [4.78, 5) is 20.4. The van der Waals surface area contributed by atoms with Gasteiger partial charge in [-0.2, -0.15) is 0 Å². The Kier molecular flexibility index (Phi) is 4.14. The quantitative estimate of drug-likeness (QED) is 0.859. The van der Waals surface area contributed by atoms with Crippen molar-refractivity contribution in [2.45, 2.75) is 49.8 Å². The number of carbonyl (C=O) groups is 1. The standard InChI is InChI=1S/C18H20N4O3S/c1-11-19-10-16(18(20-11)12-5-6-12)22-26(24,25)14-7-8-15-13(9-14)3-2-4-17(23)21-15/h7-10,12,22H,2-6H2,1H3,(H,21,23). The van der Waals surface area contributed by atoms with Crippen molar-refractivity contribution in [2.75, 3.05) is 10.0 Å². The van der Waals surface area contributed by atoms with Crippen LogP contribution in [0.15, 0.2) is 29.3 Å². The minimum atomic E-state index is -3.76. The molecule has 2 N–H and O–H groups in total. The van der Waals surface area contributed by atoms with Crippen LogP contribution in [0.5, 0.6) is 0 Å². The molecule has 26 heavy (non-hydrogen) atoms. The number of nitrogens with zero attached hydrogens (tertiary/aromatic N) is 2. The molecule has 0 radical (unpaired) electrons. The average molecular weight is 372 g/mol. The Hall–Kier alpha value is -2.48. The van der Waals surface area contributed by atoms with Gasteiger partial charge in [0.25, 0.3) is 10.0 Å². The summed E-state index contributed by atoms with van der Waals surface area (Å²) >= 11 is 0. The summed E-state index contributed by atoms with van der Waals surface area (Å²) in [5.74, 6) is 0.899. The summed E-state index contributed by atoms with van der Waals surface area (Å²) in [7, 11) is -3.76. The molecule has 7 nitrogen and oxygen atoms in total. The molecule has 0 bridgehead atoms. The predicted octanol–water partition coefficient (Wildman–Crippen LogP) is 2.74. The Labute approximate surface area is 152 Å². The van der Waals surface area contributed by atoms with Gasteiger partial charge < -0.3 is 5.32 Å². The summed E-state index contributed by atoms with van der Waals surface area (Å²) in [6.07, 6.45) is 5.39. The van der Waals surface area contributed by atoms with Gasteiger partial charge in [-0.05, 0) is 56.4 Å². The third-order valence-electron chi connectivity index (χ3n) is 4.66. The highest BCUT2D eigenvalue weighted by Crippen LogP contribution is 2.42. The van der Waals surface area contributed by atoms with Crippen molar-refractivity contribution in [2.24, 2.45) is 0 Å². The van der Waals surface area contributed by atoms with E-state index in [4.69, 9.17) is 0 Å². The summed E-state index contributed by atoms with van der Waals surface area (Å²) in [5, 5.41) is 2.82. The maximum atomic E-state index is 12.9. The van der Waals surface area contributed by atoms with Gasteiger partial charge in [-0.3, -0.25) is 9.52 Å². The first kappa shape index (κ1) is 17.0. The molecule has 1 aromatic carbocycles. The van der Waals surface area contributed by atoms with Gasteiger partial charge in [0, 0.05) is 18.0 Å². The summed E-state index contributed by atoms with van der Waals surface area (Å²) < 4.78 is 28.4. The minimum Gasteiger partial charge on any atom is -0.326 e. The maximum absolute atomic E-state index is 12.9. The Morgan fingerprint density at radius 1 is 1.23 bits per heavy atom. The Morgan fingerprint density at radius 3 is 2.81 bits per heavy atom. The van der Waals surface area contributed by atoms with Crippen molar-refractivity contribution in [3.05, 3.63) is 41.5 Å². The monoisotopic (exact) mass is 372 g/mol. The first-order chi connectivity index (χ1) is 12.4.